The normalized spacial score (nSPS) is 15.2. The maximum Gasteiger partial charge on any atom is 0.255 e. The minimum Gasteiger partial charge on any atom is -0.493 e. The SMILES string of the molecule is CCOc1cc([C@H]2C(C(=O)Nc3ccccc3C)=C(C)Nc3ncnn32)ccc1OC. The van der Waals surface area contributed by atoms with E-state index < -0.39 is 6.04 Å². The number of aryl methyl sites for hydroxylation is 1. The van der Waals surface area contributed by atoms with Crippen molar-refractivity contribution in [1.29, 1.82) is 0 Å². The average molecular weight is 419 g/mol. The Morgan fingerprint density at radius 1 is 1.19 bits per heavy atom. The van der Waals surface area contributed by atoms with E-state index in [0.717, 1.165) is 16.8 Å². The molecule has 31 heavy (non-hydrogen) atoms. The first-order valence-corrected chi connectivity index (χ1v) is 10.1. The zero-order valence-electron chi connectivity index (χ0n) is 18.0. The summed E-state index contributed by atoms with van der Waals surface area (Å²) in [6, 6.07) is 12.8. The summed E-state index contributed by atoms with van der Waals surface area (Å²) in [6.07, 6.45) is 1.47. The van der Waals surface area contributed by atoms with Gasteiger partial charge in [-0.2, -0.15) is 10.1 Å². The van der Waals surface area contributed by atoms with Crippen LogP contribution in [0.1, 0.15) is 31.0 Å². The van der Waals surface area contributed by atoms with Crippen LogP contribution in [0.4, 0.5) is 11.6 Å². The van der Waals surface area contributed by atoms with Crippen LogP contribution in [-0.2, 0) is 4.79 Å². The molecule has 0 radical (unpaired) electrons. The smallest absolute Gasteiger partial charge is 0.255 e. The predicted octanol–water partition coefficient (Wildman–Crippen LogP) is 3.92. The van der Waals surface area contributed by atoms with Crippen molar-refractivity contribution in [2.24, 2.45) is 0 Å². The third-order valence-corrected chi connectivity index (χ3v) is 5.24. The van der Waals surface area contributed by atoms with Crippen LogP contribution in [0.5, 0.6) is 11.5 Å². The van der Waals surface area contributed by atoms with Crippen LogP contribution in [-0.4, -0.2) is 34.4 Å². The highest BCUT2D eigenvalue weighted by atomic mass is 16.5. The summed E-state index contributed by atoms with van der Waals surface area (Å²) < 4.78 is 12.9. The molecule has 0 unspecified atom stereocenters. The zero-order valence-corrected chi connectivity index (χ0v) is 18.0. The quantitative estimate of drug-likeness (QED) is 0.629. The van der Waals surface area contributed by atoms with Gasteiger partial charge in [-0.3, -0.25) is 4.79 Å². The number of rotatable bonds is 6. The Balaban J connectivity index is 1.79. The summed E-state index contributed by atoms with van der Waals surface area (Å²) in [5.74, 6) is 1.60. The highest BCUT2D eigenvalue weighted by Crippen LogP contribution is 2.38. The number of aromatic nitrogens is 3. The molecule has 8 heteroatoms. The number of nitrogens with zero attached hydrogens (tertiary/aromatic N) is 3. The lowest BCUT2D eigenvalue weighted by molar-refractivity contribution is -0.113. The van der Waals surface area contributed by atoms with Gasteiger partial charge in [0.1, 0.15) is 12.4 Å². The van der Waals surface area contributed by atoms with Gasteiger partial charge in [0, 0.05) is 11.4 Å². The molecule has 0 spiro atoms. The monoisotopic (exact) mass is 419 g/mol. The predicted molar refractivity (Wildman–Crippen MR) is 118 cm³/mol. The Kier molecular flexibility index (Phi) is 5.62. The summed E-state index contributed by atoms with van der Waals surface area (Å²) in [4.78, 5) is 17.7. The number of carbonyl (C=O) groups excluding carboxylic acids is 1. The summed E-state index contributed by atoms with van der Waals surface area (Å²) in [5.41, 5.74) is 3.85. The molecule has 2 heterocycles. The summed E-state index contributed by atoms with van der Waals surface area (Å²) >= 11 is 0. The minimum absolute atomic E-state index is 0.209. The molecule has 0 saturated heterocycles. The van der Waals surface area contributed by atoms with E-state index in [4.69, 9.17) is 9.47 Å². The van der Waals surface area contributed by atoms with Gasteiger partial charge in [-0.1, -0.05) is 24.3 Å². The van der Waals surface area contributed by atoms with Crippen LogP contribution < -0.4 is 20.1 Å². The molecule has 3 aromatic rings. The zero-order chi connectivity index (χ0) is 22.0. The van der Waals surface area contributed by atoms with Crippen molar-refractivity contribution in [3.05, 3.63) is 71.2 Å². The van der Waals surface area contributed by atoms with Gasteiger partial charge in [0.2, 0.25) is 5.95 Å². The number of amides is 1. The number of ether oxygens (including phenoxy) is 2. The Morgan fingerprint density at radius 2 is 2.00 bits per heavy atom. The molecule has 8 nitrogen and oxygen atoms in total. The van der Waals surface area contributed by atoms with E-state index in [1.807, 2.05) is 63.2 Å². The first-order chi connectivity index (χ1) is 15.0. The van der Waals surface area contributed by atoms with Crippen molar-refractivity contribution in [3.63, 3.8) is 0 Å². The largest absolute Gasteiger partial charge is 0.493 e. The topological polar surface area (TPSA) is 90.3 Å². The number of hydrogen-bond donors (Lipinski definition) is 2. The lowest BCUT2D eigenvalue weighted by Crippen LogP contribution is -2.31. The number of benzene rings is 2. The molecular weight excluding hydrogens is 394 g/mol. The molecule has 0 saturated carbocycles. The number of methoxy groups -OCH3 is 1. The average Bonchev–Trinajstić information content (AvgIpc) is 3.22. The van der Waals surface area contributed by atoms with Crippen LogP contribution in [0, 0.1) is 6.92 Å². The second kappa shape index (κ2) is 8.51. The highest BCUT2D eigenvalue weighted by molar-refractivity contribution is 6.06. The van der Waals surface area contributed by atoms with Gasteiger partial charge in [-0.15, -0.1) is 0 Å². The van der Waals surface area contributed by atoms with E-state index in [-0.39, 0.29) is 5.91 Å². The molecule has 2 aromatic carbocycles. The highest BCUT2D eigenvalue weighted by Gasteiger charge is 2.34. The van der Waals surface area contributed by atoms with Gasteiger partial charge in [-0.05, 0) is 50.1 Å². The van der Waals surface area contributed by atoms with E-state index in [2.05, 4.69) is 20.7 Å². The fourth-order valence-corrected chi connectivity index (χ4v) is 3.73. The number of hydrogen-bond acceptors (Lipinski definition) is 6. The van der Waals surface area contributed by atoms with Gasteiger partial charge < -0.3 is 20.1 Å². The van der Waals surface area contributed by atoms with Gasteiger partial charge in [-0.25, -0.2) is 4.68 Å². The van der Waals surface area contributed by atoms with Crippen LogP contribution in [0.2, 0.25) is 0 Å². The van der Waals surface area contributed by atoms with Crippen molar-refractivity contribution in [2.45, 2.75) is 26.8 Å². The van der Waals surface area contributed by atoms with Crippen molar-refractivity contribution >= 4 is 17.5 Å². The molecule has 4 rings (SSSR count). The number of anilines is 2. The molecule has 1 aliphatic rings. The summed E-state index contributed by atoms with van der Waals surface area (Å²) in [7, 11) is 1.60. The number of para-hydroxylation sites is 1. The molecule has 160 valence electrons. The van der Waals surface area contributed by atoms with Crippen molar-refractivity contribution < 1.29 is 14.3 Å². The van der Waals surface area contributed by atoms with E-state index in [9.17, 15) is 4.79 Å². The first kappa shape index (κ1) is 20.5. The maximum absolute atomic E-state index is 13.5. The van der Waals surface area contributed by atoms with Gasteiger partial charge in [0.05, 0.1) is 19.3 Å². The first-order valence-electron chi connectivity index (χ1n) is 10.1. The third-order valence-electron chi connectivity index (χ3n) is 5.24. The number of allylic oxidation sites excluding steroid dienone is 1. The second-order valence-electron chi connectivity index (χ2n) is 7.21. The number of fused-ring (bicyclic) bond motifs is 1. The van der Waals surface area contributed by atoms with Gasteiger partial charge >= 0.3 is 0 Å². The fraction of sp³-hybridized carbons (Fsp3) is 0.261. The van der Waals surface area contributed by atoms with Crippen molar-refractivity contribution in [3.8, 4) is 11.5 Å². The molecule has 0 bridgehead atoms. The Bertz CT molecular complexity index is 1150. The fourth-order valence-electron chi connectivity index (χ4n) is 3.73. The second-order valence-corrected chi connectivity index (χ2v) is 7.21. The van der Waals surface area contributed by atoms with Gasteiger partial charge in [0.15, 0.2) is 11.5 Å². The van der Waals surface area contributed by atoms with Crippen LogP contribution in [0.25, 0.3) is 0 Å². The summed E-state index contributed by atoms with van der Waals surface area (Å²) in [5, 5.41) is 10.6. The van der Waals surface area contributed by atoms with Crippen LogP contribution in [0.3, 0.4) is 0 Å². The van der Waals surface area contributed by atoms with Crippen molar-refractivity contribution in [1.82, 2.24) is 14.8 Å². The Morgan fingerprint density at radius 3 is 2.74 bits per heavy atom. The van der Waals surface area contributed by atoms with E-state index in [1.165, 1.54) is 6.33 Å². The number of nitrogens with one attached hydrogen (secondary N) is 2. The van der Waals surface area contributed by atoms with Gasteiger partial charge in [0.25, 0.3) is 5.91 Å². The Hall–Kier alpha value is -3.81. The maximum atomic E-state index is 13.5. The van der Waals surface area contributed by atoms with Crippen molar-refractivity contribution in [2.75, 3.05) is 24.4 Å². The molecule has 1 amide bonds. The molecule has 1 aromatic heterocycles. The molecule has 2 N–H and O–H groups in total. The van der Waals surface area contributed by atoms with E-state index >= 15 is 0 Å². The Labute approximate surface area is 180 Å². The lowest BCUT2D eigenvalue weighted by Gasteiger charge is -2.29. The molecule has 1 atom stereocenters. The minimum atomic E-state index is -0.479. The lowest BCUT2D eigenvalue weighted by atomic mass is 9.94. The molecule has 0 fully saturated rings. The third kappa shape index (κ3) is 3.84. The summed E-state index contributed by atoms with van der Waals surface area (Å²) in [6.45, 7) is 6.24. The molecular formula is C23H25N5O3. The molecule has 0 aliphatic carbocycles. The molecule has 1 aliphatic heterocycles. The van der Waals surface area contributed by atoms with E-state index in [0.29, 0.717) is 35.3 Å². The number of carbonyl (C=O) groups is 1. The standard InChI is InChI=1S/C23H25N5O3/c1-5-31-19-12-16(10-11-18(19)30-4)21-20(15(3)26-23-24-13-25-28(21)23)22(29)27-17-9-7-6-8-14(17)2/h6-13,21H,5H2,1-4H3,(H,27,29)(H,24,25,26)/t21-/m0/s1. The van der Waals surface area contributed by atoms with Crippen LogP contribution >= 0.6 is 0 Å². The van der Waals surface area contributed by atoms with E-state index in [1.54, 1.807) is 11.8 Å². The van der Waals surface area contributed by atoms with Crippen LogP contribution in [0.15, 0.2) is 60.1 Å².